The summed E-state index contributed by atoms with van der Waals surface area (Å²) in [5.74, 6) is 2.68. The van der Waals surface area contributed by atoms with E-state index >= 15 is 0 Å². The third-order valence-corrected chi connectivity index (χ3v) is 5.85. The molecule has 2 fully saturated rings. The summed E-state index contributed by atoms with van der Waals surface area (Å²) in [5.41, 5.74) is 1.19. The second kappa shape index (κ2) is 8.49. The van der Waals surface area contributed by atoms with Crippen LogP contribution >= 0.6 is 12.2 Å². The maximum atomic E-state index is 5.80. The Kier molecular flexibility index (Phi) is 5.82. The van der Waals surface area contributed by atoms with Crippen molar-refractivity contribution in [1.82, 2.24) is 19.2 Å². The van der Waals surface area contributed by atoms with Crippen LogP contribution in [-0.4, -0.2) is 52.0 Å². The number of hydrogen-bond acceptors (Lipinski definition) is 5. The molecule has 2 aliphatic rings. The number of ether oxygens (including phenoxy) is 1. The molecule has 0 bridgehead atoms. The van der Waals surface area contributed by atoms with Gasteiger partial charge in [0.25, 0.3) is 0 Å². The fraction of sp³-hybridized carbons (Fsp3) is 0.524. The average molecular weight is 400 g/mol. The molecule has 2 heterocycles. The van der Waals surface area contributed by atoms with Crippen LogP contribution in [0.1, 0.15) is 31.5 Å². The summed E-state index contributed by atoms with van der Waals surface area (Å²) in [5, 5.41) is 4.85. The molecule has 0 atom stereocenters. The molecule has 2 aromatic rings. The zero-order chi connectivity index (χ0) is 19.5. The molecule has 4 rings (SSSR count). The third kappa shape index (κ3) is 4.00. The lowest BCUT2D eigenvalue weighted by Gasteiger charge is -2.36. The van der Waals surface area contributed by atoms with Crippen LogP contribution in [0.3, 0.4) is 0 Å². The molecule has 0 amide bonds. The number of aromatic nitrogens is 3. The number of anilines is 1. The van der Waals surface area contributed by atoms with Crippen LogP contribution in [0.25, 0.3) is 0 Å². The van der Waals surface area contributed by atoms with Crippen molar-refractivity contribution in [3.63, 3.8) is 0 Å². The maximum Gasteiger partial charge on any atom is 0.199 e. The van der Waals surface area contributed by atoms with Crippen molar-refractivity contribution in [2.75, 3.05) is 37.7 Å². The van der Waals surface area contributed by atoms with Gasteiger partial charge in [-0.15, -0.1) is 6.58 Å². The molecule has 28 heavy (non-hydrogen) atoms. The first-order valence-electron chi connectivity index (χ1n) is 10.2. The lowest BCUT2D eigenvalue weighted by Crippen LogP contribution is -2.47. The van der Waals surface area contributed by atoms with E-state index in [4.69, 9.17) is 22.1 Å². The topological polar surface area (TPSA) is 38.5 Å². The first kappa shape index (κ1) is 19.2. The summed E-state index contributed by atoms with van der Waals surface area (Å²) in [4.78, 5) is 4.84. The molecule has 0 spiro atoms. The van der Waals surface area contributed by atoms with Gasteiger partial charge in [-0.25, -0.2) is 4.68 Å². The van der Waals surface area contributed by atoms with E-state index in [-0.39, 0.29) is 0 Å². The lowest BCUT2D eigenvalue weighted by molar-refractivity contribution is 0.193. The van der Waals surface area contributed by atoms with Gasteiger partial charge in [0.15, 0.2) is 4.77 Å². The predicted octanol–water partition coefficient (Wildman–Crippen LogP) is 3.66. The van der Waals surface area contributed by atoms with Gasteiger partial charge < -0.3 is 9.64 Å². The Hall–Kier alpha value is -2.12. The summed E-state index contributed by atoms with van der Waals surface area (Å²) in [6.07, 6.45) is 4.35. The van der Waals surface area contributed by atoms with Gasteiger partial charge in [0.2, 0.25) is 0 Å². The molecule has 150 valence electrons. The van der Waals surface area contributed by atoms with Crippen molar-refractivity contribution >= 4 is 17.9 Å². The SMILES string of the molecule is C=CCn1c(C2CC2)nn(CN2CCN(c3ccccc3OCC)CC2)c1=S. The van der Waals surface area contributed by atoms with Crippen LogP contribution in [0.5, 0.6) is 5.75 Å². The summed E-state index contributed by atoms with van der Waals surface area (Å²) < 4.78 is 10.8. The van der Waals surface area contributed by atoms with Crippen molar-refractivity contribution in [2.24, 2.45) is 0 Å². The van der Waals surface area contributed by atoms with Gasteiger partial charge in [0.05, 0.1) is 19.0 Å². The van der Waals surface area contributed by atoms with Crippen LogP contribution < -0.4 is 9.64 Å². The molecule has 1 aliphatic carbocycles. The molecule has 0 N–H and O–H groups in total. The molecule has 6 nitrogen and oxygen atoms in total. The molecule has 1 saturated carbocycles. The monoisotopic (exact) mass is 399 g/mol. The molecule has 1 saturated heterocycles. The van der Waals surface area contributed by atoms with Gasteiger partial charge in [-0.3, -0.25) is 9.47 Å². The van der Waals surface area contributed by atoms with Crippen LogP contribution in [0, 0.1) is 4.77 Å². The predicted molar refractivity (Wildman–Crippen MR) is 115 cm³/mol. The zero-order valence-corrected chi connectivity index (χ0v) is 17.4. The quantitative estimate of drug-likeness (QED) is 0.500. The molecule has 0 radical (unpaired) electrons. The van der Waals surface area contributed by atoms with E-state index in [9.17, 15) is 0 Å². The first-order chi connectivity index (χ1) is 13.7. The zero-order valence-electron chi connectivity index (χ0n) is 16.6. The van der Waals surface area contributed by atoms with Gasteiger partial charge in [-0.05, 0) is 44.1 Å². The van der Waals surface area contributed by atoms with Crippen LogP contribution in [-0.2, 0) is 13.2 Å². The van der Waals surface area contributed by atoms with E-state index in [1.807, 2.05) is 23.7 Å². The highest BCUT2D eigenvalue weighted by Gasteiger charge is 2.30. The molecule has 1 aromatic carbocycles. The largest absolute Gasteiger partial charge is 0.492 e. The maximum absolute atomic E-state index is 5.80. The third-order valence-electron chi connectivity index (χ3n) is 5.42. The van der Waals surface area contributed by atoms with E-state index in [0.29, 0.717) is 12.5 Å². The highest BCUT2D eigenvalue weighted by molar-refractivity contribution is 7.71. The number of para-hydroxylation sites is 2. The van der Waals surface area contributed by atoms with E-state index in [1.165, 1.54) is 18.5 Å². The molecule has 1 aliphatic heterocycles. The second-order valence-electron chi connectivity index (χ2n) is 7.46. The van der Waals surface area contributed by atoms with Crippen LogP contribution in [0.4, 0.5) is 5.69 Å². The standard InChI is InChI=1S/C21H29N5OS/c1-3-11-25-20(17-9-10-17)22-26(21(25)28)16-23-12-14-24(15-13-23)18-7-5-6-8-19(18)27-4-2/h3,5-8,17H,1,4,9-16H2,2H3. The summed E-state index contributed by atoms with van der Waals surface area (Å²) >= 11 is 5.70. The molecule has 1 aromatic heterocycles. The van der Waals surface area contributed by atoms with E-state index in [0.717, 1.165) is 55.7 Å². The van der Waals surface area contributed by atoms with Crippen molar-refractivity contribution in [2.45, 2.75) is 38.9 Å². The number of hydrogen-bond donors (Lipinski definition) is 0. The molecular formula is C21H29N5OS. The fourth-order valence-electron chi connectivity index (χ4n) is 3.81. The average Bonchev–Trinajstić information content (AvgIpc) is 3.51. The summed E-state index contributed by atoms with van der Waals surface area (Å²) in [6, 6.07) is 8.31. The van der Waals surface area contributed by atoms with Crippen molar-refractivity contribution in [1.29, 1.82) is 0 Å². The molecule has 0 unspecified atom stereocenters. The van der Waals surface area contributed by atoms with Gasteiger partial charge in [0, 0.05) is 38.6 Å². The fourth-order valence-corrected chi connectivity index (χ4v) is 4.08. The smallest absolute Gasteiger partial charge is 0.199 e. The van der Waals surface area contributed by atoms with E-state index < -0.39 is 0 Å². The number of benzene rings is 1. The number of rotatable bonds is 8. The highest BCUT2D eigenvalue weighted by atomic mass is 32.1. The normalized spacial score (nSPS) is 17.7. The minimum absolute atomic E-state index is 0.579. The first-order valence-corrected chi connectivity index (χ1v) is 10.6. The Morgan fingerprint density at radius 2 is 1.96 bits per heavy atom. The lowest BCUT2D eigenvalue weighted by atomic mass is 10.2. The van der Waals surface area contributed by atoms with Crippen LogP contribution in [0.2, 0.25) is 0 Å². The molecule has 7 heteroatoms. The molecular weight excluding hydrogens is 370 g/mol. The Morgan fingerprint density at radius 3 is 2.64 bits per heavy atom. The Balaban J connectivity index is 1.42. The van der Waals surface area contributed by atoms with Gasteiger partial charge >= 0.3 is 0 Å². The van der Waals surface area contributed by atoms with Gasteiger partial charge in [-0.2, -0.15) is 5.10 Å². The minimum Gasteiger partial charge on any atom is -0.492 e. The van der Waals surface area contributed by atoms with Gasteiger partial charge in [-0.1, -0.05) is 18.2 Å². The van der Waals surface area contributed by atoms with E-state index in [2.05, 4.69) is 39.1 Å². The Morgan fingerprint density at radius 1 is 1.21 bits per heavy atom. The summed E-state index contributed by atoms with van der Waals surface area (Å²) in [7, 11) is 0. The van der Waals surface area contributed by atoms with Gasteiger partial charge in [0.1, 0.15) is 11.6 Å². The van der Waals surface area contributed by atoms with Crippen molar-refractivity contribution in [3.05, 3.63) is 47.5 Å². The Bertz CT molecular complexity index is 877. The van der Waals surface area contributed by atoms with Crippen LogP contribution in [0.15, 0.2) is 36.9 Å². The number of allylic oxidation sites excluding steroid dienone is 1. The van der Waals surface area contributed by atoms with Crippen molar-refractivity contribution in [3.8, 4) is 5.75 Å². The minimum atomic E-state index is 0.579. The second-order valence-corrected chi connectivity index (χ2v) is 7.83. The number of piperazine rings is 1. The van der Waals surface area contributed by atoms with E-state index in [1.54, 1.807) is 0 Å². The summed E-state index contributed by atoms with van der Waals surface area (Å²) in [6.45, 7) is 12.0. The van der Waals surface area contributed by atoms with Crippen molar-refractivity contribution < 1.29 is 4.74 Å². The highest BCUT2D eigenvalue weighted by Crippen LogP contribution is 2.39. The number of nitrogens with zero attached hydrogens (tertiary/aromatic N) is 5. The Labute approximate surface area is 172 Å².